The van der Waals surface area contributed by atoms with Crippen molar-refractivity contribution in [3.63, 3.8) is 0 Å². The van der Waals surface area contributed by atoms with Crippen LogP contribution in [0.25, 0.3) is 0 Å². The van der Waals surface area contributed by atoms with Crippen LogP contribution in [0.4, 0.5) is 5.82 Å². The Hall–Kier alpha value is -1.17. The Kier molecular flexibility index (Phi) is 4.27. The summed E-state index contributed by atoms with van der Waals surface area (Å²) in [6.07, 6.45) is 3.84. The molecule has 2 aliphatic heterocycles. The van der Waals surface area contributed by atoms with Gasteiger partial charge >= 0.3 is 0 Å². The number of ether oxygens (including phenoxy) is 2. The topological polar surface area (TPSA) is 46.6 Å². The maximum atomic E-state index is 5.89. The molecular weight excluding hydrogens is 302 g/mol. The maximum absolute atomic E-state index is 5.89. The summed E-state index contributed by atoms with van der Waals surface area (Å²) in [6, 6.07) is 4.89. The van der Waals surface area contributed by atoms with Crippen molar-refractivity contribution in [3.8, 4) is 0 Å². The molecule has 1 N–H and O–H groups in total. The molecule has 0 spiro atoms. The lowest BCUT2D eigenvalue weighted by atomic mass is 9.57. The second-order valence-electron chi connectivity index (χ2n) is 8.07. The van der Waals surface area contributed by atoms with Crippen molar-refractivity contribution in [1.29, 1.82) is 0 Å². The zero-order chi connectivity index (χ0) is 16.7. The Morgan fingerprint density at radius 2 is 2.21 bits per heavy atom. The molecule has 3 heterocycles. The highest BCUT2D eigenvalue weighted by Crippen LogP contribution is 2.52. The van der Waals surface area contributed by atoms with Crippen LogP contribution in [0.15, 0.2) is 18.3 Å². The molecule has 2 saturated heterocycles. The predicted molar refractivity (Wildman–Crippen MR) is 94.1 cm³/mol. The van der Waals surface area contributed by atoms with Gasteiger partial charge in [0.2, 0.25) is 0 Å². The largest absolute Gasteiger partial charge is 0.377 e. The van der Waals surface area contributed by atoms with Crippen LogP contribution in [0, 0.1) is 11.3 Å². The van der Waals surface area contributed by atoms with Gasteiger partial charge in [0.25, 0.3) is 0 Å². The fourth-order valence-corrected chi connectivity index (χ4v) is 4.74. The van der Waals surface area contributed by atoms with E-state index < -0.39 is 0 Å². The SMILES string of the molecule is CC1CN(c2cc(CNC3C4CCOC4C3(C)C)ccn2)CCO1. The average Bonchev–Trinajstić information content (AvgIpc) is 3.02. The summed E-state index contributed by atoms with van der Waals surface area (Å²) in [5.74, 6) is 1.75. The van der Waals surface area contributed by atoms with E-state index in [1.165, 1.54) is 12.0 Å². The molecule has 3 fully saturated rings. The summed E-state index contributed by atoms with van der Waals surface area (Å²) in [7, 11) is 0. The molecule has 132 valence electrons. The number of anilines is 1. The number of hydrogen-bond donors (Lipinski definition) is 1. The average molecular weight is 331 g/mol. The van der Waals surface area contributed by atoms with Crippen molar-refractivity contribution < 1.29 is 9.47 Å². The summed E-state index contributed by atoms with van der Waals surface area (Å²) >= 11 is 0. The van der Waals surface area contributed by atoms with Crippen LogP contribution in [-0.4, -0.2) is 49.5 Å². The van der Waals surface area contributed by atoms with Gasteiger partial charge in [0.1, 0.15) is 5.82 Å². The van der Waals surface area contributed by atoms with Crippen LogP contribution in [0.2, 0.25) is 0 Å². The summed E-state index contributed by atoms with van der Waals surface area (Å²) in [5.41, 5.74) is 1.54. The number of hydrogen-bond acceptors (Lipinski definition) is 5. The Bertz CT molecular complexity index is 592. The number of nitrogens with zero attached hydrogens (tertiary/aromatic N) is 2. The van der Waals surface area contributed by atoms with E-state index in [2.05, 4.69) is 48.1 Å². The highest BCUT2D eigenvalue weighted by atomic mass is 16.5. The lowest BCUT2D eigenvalue weighted by Crippen LogP contribution is -2.65. The van der Waals surface area contributed by atoms with E-state index in [0.717, 1.165) is 38.7 Å². The third kappa shape index (κ3) is 2.83. The van der Waals surface area contributed by atoms with E-state index in [-0.39, 0.29) is 11.5 Å². The molecule has 1 aromatic heterocycles. The van der Waals surface area contributed by atoms with Crippen molar-refractivity contribution in [2.45, 2.75) is 52.0 Å². The van der Waals surface area contributed by atoms with E-state index in [1.807, 2.05) is 6.20 Å². The fourth-order valence-electron chi connectivity index (χ4n) is 4.74. The molecule has 4 rings (SSSR count). The number of aromatic nitrogens is 1. The molecule has 3 aliphatic rings. The number of fused-ring (bicyclic) bond motifs is 1. The molecule has 4 atom stereocenters. The maximum Gasteiger partial charge on any atom is 0.128 e. The van der Waals surface area contributed by atoms with E-state index in [9.17, 15) is 0 Å². The zero-order valence-electron chi connectivity index (χ0n) is 15.0. The standard InChI is InChI=1S/C19H29N3O2/c1-13-12-22(7-9-23-13)16-10-14(4-6-20-16)11-21-17-15-5-8-24-18(15)19(17,2)3/h4,6,10,13,15,17-18,21H,5,7-9,11-12H2,1-3H3. The summed E-state index contributed by atoms with van der Waals surface area (Å²) < 4.78 is 11.5. The monoisotopic (exact) mass is 331 g/mol. The Labute approximate surface area is 144 Å². The lowest BCUT2D eigenvalue weighted by Gasteiger charge is -2.55. The van der Waals surface area contributed by atoms with Crippen LogP contribution in [0.3, 0.4) is 0 Å². The van der Waals surface area contributed by atoms with Crippen LogP contribution < -0.4 is 10.2 Å². The van der Waals surface area contributed by atoms with Crippen molar-refractivity contribution in [2.24, 2.45) is 11.3 Å². The van der Waals surface area contributed by atoms with Gasteiger partial charge in [-0.3, -0.25) is 0 Å². The van der Waals surface area contributed by atoms with Gasteiger partial charge in [-0.25, -0.2) is 4.98 Å². The van der Waals surface area contributed by atoms with Crippen molar-refractivity contribution >= 4 is 5.82 Å². The number of morpholine rings is 1. The summed E-state index contributed by atoms with van der Waals surface area (Å²) in [5, 5.41) is 3.79. The first-order valence-electron chi connectivity index (χ1n) is 9.22. The number of rotatable bonds is 4. The lowest BCUT2D eigenvalue weighted by molar-refractivity contribution is -0.113. The molecule has 24 heavy (non-hydrogen) atoms. The molecule has 0 aromatic carbocycles. The smallest absolute Gasteiger partial charge is 0.128 e. The Morgan fingerprint density at radius 1 is 1.33 bits per heavy atom. The van der Waals surface area contributed by atoms with Gasteiger partial charge in [-0.05, 0) is 31.0 Å². The van der Waals surface area contributed by atoms with Gasteiger partial charge < -0.3 is 19.7 Å². The third-order valence-electron chi connectivity index (χ3n) is 6.00. The summed E-state index contributed by atoms with van der Waals surface area (Å²) in [6.45, 7) is 11.2. The Balaban J connectivity index is 1.39. The molecule has 1 aromatic rings. The molecule has 0 bridgehead atoms. The van der Waals surface area contributed by atoms with Gasteiger partial charge in [0, 0.05) is 49.8 Å². The molecule has 1 aliphatic carbocycles. The highest BCUT2D eigenvalue weighted by molar-refractivity contribution is 5.41. The first kappa shape index (κ1) is 16.3. The first-order chi connectivity index (χ1) is 11.6. The number of nitrogens with one attached hydrogen (secondary N) is 1. The van der Waals surface area contributed by atoms with Gasteiger partial charge in [0.15, 0.2) is 0 Å². The summed E-state index contributed by atoms with van der Waals surface area (Å²) in [4.78, 5) is 6.89. The second-order valence-corrected chi connectivity index (χ2v) is 8.07. The quantitative estimate of drug-likeness (QED) is 0.916. The molecule has 0 amide bonds. The third-order valence-corrected chi connectivity index (χ3v) is 6.00. The van der Waals surface area contributed by atoms with Crippen LogP contribution in [0.1, 0.15) is 32.8 Å². The van der Waals surface area contributed by atoms with Gasteiger partial charge in [-0.15, -0.1) is 0 Å². The molecule has 0 radical (unpaired) electrons. The van der Waals surface area contributed by atoms with E-state index in [1.54, 1.807) is 0 Å². The van der Waals surface area contributed by atoms with Crippen molar-refractivity contribution in [3.05, 3.63) is 23.9 Å². The van der Waals surface area contributed by atoms with E-state index >= 15 is 0 Å². The van der Waals surface area contributed by atoms with Crippen LogP contribution in [-0.2, 0) is 16.0 Å². The first-order valence-corrected chi connectivity index (χ1v) is 9.22. The van der Waals surface area contributed by atoms with E-state index in [4.69, 9.17) is 9.47 Å². The van der Waals surface area contributed by atoms with Crippen molar-refractivity contribution in [2.75, 3.05) is 31.2 Å². The predicted octanol–water partition coefficient (Wildman–Crippen LogP) is 2.21. The minimum Gasteiger partial charge on any atom is -0.377 e. The van der Waals surface area contributed by atoms with Crippen LogP contribution in [0.5, 0.6) is 0 Å². The van der Waals surface area contributed by atoms with Gasteiger partial charge in [0.05, 0.1) is 18.8 Å². The van der Waals surface area contributed by atoms with Crippen molar-refractivity contribution in [1.82, 2.24) is 10.3 Å². The normalized spacial score (nSPS) is 34.7. The second kappa shape index (κ2) is 6.28. The molecule has 1 saturated carbocycles. The zero-order valence-corrected chi connectivity index (χ0v) is 15.0. The fraction of sp³-hybridized carbons (Fsp3) is 0.737. The van der Waals surface area contributed by atoms with E-state index in [0.29, 0.717) is 18.1 Å². The molecule has 4 unspecified atom stereocenters. The van der Waals surface area contributed by atoms with Gasteiger partial charge in [-0.1, -0.05) is 13.8 Å². The molecule has 5 heteroatoms. The number of pyridine rings is 1. The van der Waals surface area contributed by atoms with Gasteiger partial charge in [-0.2, -0.15) is 0 Å². The molecule has 5 nitrogen and oxygen atoms in total. The Morgan fingerprint density at radius 3 is 3.04 bits per heavy atom. The van der Waals surface area contributed by atoms with Crippen LogP contribution >= 0.6 is 0 Å². The molecular formula is C19H29N3O2. The highest BCUT2D eigenvalue weighted by Gasteiger charge is 2.58. The minimum absolute atomic E-state index is 0.233. The minimum atomic E-state index is 0.233.